The van der Waals surface area contributed by atoms with Gasteiger partial charge >= 0.3 is 0 Å². The van der Waals surface area contributed by atoms with Crippen LogP contribution in [-0.4, -0.2) is 25.5 Å². The molecule has 1 amide bonds. The summed E-state index contributed by atoms with van der Waals surface area (Å²) in [7, 11) is 0. The third-order valence-corrected chi connectivity index (χ3v) is 5.73. The van der Waals surface area contributed by atoms with E-state index in [9.17, 15) is 4.79 Å². The van der Waals surface area contributed by atoms with Gasteiger partial charge < -0.3 is 10.2 Å². The van der Waals surface area contributed by atoms with Gasteiger partial charge in [0, 0.05) is 29.0 Å². The lowest BCUT2D eigenvalue weighted by atomic mass is 9.97. The summed E-state index contributed by atoms with van der Waals surface area (Å²) in [5, 5.41) is 6.26. The summed E-state index contributed by atoms with van der Waals surface area (Å²) >= 11 is 6.03. The van der Waals surface area contributed by atoms with Crippen LogP contribution in [0.4, 0.5) is 0 Å². The van der Waals surface area contributed by atoms with Crippen molar-refractivity contribution in [1.82, 2.24) is 5.32 Å². The van der Waals surface area contributed by atoms with E-state index in [1.165, 1.54) is 29.2 Å². The van der Waals surface area contributed by atoms with Gasteiger partial charge in [-0.2, -0.15) is 0 Å². The van der Waals surface area contributed by atoms with Crippen molar-refractivity contribution in [2.45, 2.75) is 18.9 Å². The van der Waals surface area contributed by atoms with E-state index in [1.54, 1.807) is 23.1 Å². The maximum atomic E-state index is 12.6. The number of carbonyl (C=O) groups excluding carboxylic acids is 1. The van der Waals surface area contributed by atoms with E-state index < -0.39 is 0 Å². The van der Waals surface area contributed by atoms with Crippen LogP contribution in [0.5, 0.6) is 0 Å². The average molecular weight is 380 g/mol. The minimum Gasteiger partial charge on any atom is -0.346 e. The Balaban J connectivity index is 1.61. The molecule has 3 nitrogen and oxygen atoms in total. The predicted octanol–water partition coefficient (Wildman–Crippen LogP) is 3.64. The van der Waals surface area contributed by atoms with Gasteiger partial charge in [-0.1, -0.05) is 60.1 Å². The number of rotatable bonds is 5. The molecule has 2 N–H and O–H groups in total. The highest BCUT2D eigenvalue weighted by atomic mass is 35.5. The number of likely N-dealkylation sites (tertiary alicyclic amines) is 1. The molecule has 3 aromatic carbocycles. The highest BCUT2D eigenvalue weighted by molar-refractivity contribution is 6.30. The zero-order valence-electron chi connectivity index (χ0n) is 15.2. The van der Waals surface area contributed by atoms with Gasteiger partial charge in [-0.05, 0) is 29.0 Å². The first-order chi connectivity index (χ1) is 13.2. The van der Waals surface area contributed by atoms with Crippen LogP contribution in [0.1, 0.15) is 34.8 Å². The van der Waals surface area contributed by atoms with Gasteiger partial charge in [0.25, 0.3) is 5.91 Å². The molecule has 0 radical (unpaired) electrons. The monoisotopic (exact) mass is 379 g/mol. The first-order valence-corrected chi connectivity index (χ1v) is 9.96. The average Bonchev–Trinajstić information content (AvgIpc) is 3.22. The lowest BCUT2D eigenvalue weighted by Crippen LogP contribution is -3.11. The van der Waals surface area contributed by atoms with Crippen molar-refractivity contribution in [1.29, 1.82) is 0 Å². The maximum Gasteiger partial charge on any atom is 0.251 e. The zero-order valence-corrected chi connectivity index (χ0v) is 16.0. The number of carbonyl (C=O) groups is 1. The topological polar surface area (TPSA) is 33.5 Å². The number of benzene rings is 3. The molecule has 1 aliphatic rings. The Bertz CT molecular complexity index is 945. The van der Waals surface area contributed by atoms with Crippen LogP contribution in [0.2, 0.25) is 5.02 Å². The Hall–Kier alpha value is -2.36. The van der Waals surface area contributed by atoms with Crippen molar-refractivity contribution < 1.29 is 9.69 Å². The first kappa shape index (κ1) is 18.0. The van der Waals surface area contributed by atoms with Gasteiger partial charge in [0.05, 0.1) is 19.6 Å². The fourth-order valence-electron chi connectivity index (χ4n) is 4.13. The van der Waals surface area contributed by atoms with E-state index in [0.29, 0.717) is 17.1 Å². The molecule has 3 aromatic rings. The summed E-state index contributed by atoms with van der Waals surface area (Å²) in [4.78, 5) is 14.2. The summed E-state index contributed by atoms with van der Waals surface area (Å²) in [6, 6.07) is 22.4. The SMILES string of the molecule is O=C(NC[C@H](c1cccc2ccccc12)[NH+]1CCCC1)c1cccc(Cl)c1. The summed E-state index contributed by atoms with van der Waals surface area (Å²) in [6.45, 7) is 2.93. The van der Waals surface area contributed by atoms with Crippen LogP contribution in [0.3, 0.4) is 0 Å². The summed E-state index contributed by atoms with van der Waals surface area (Å²) < 4.78 is 0. The number of hydrogen-bond donors (Lipinski definition) is 2. The fraction of sp³-hybridized carbons (Fsp3) is 0.261. The molecule has 27 heavy (non-hydrogen) atoms. The van der Waals surface area contributed by atoms with Gasteiger partial charge in [-0.15, -0.1) is 0 Å². The van der Waals surface area contributed by atoms with Crippen molar-refractivity contribution in [3.05, 3.63) is 82.9 Å². The smallest absolute Gasteiger partial charge is 0.251 e. The van der Waals surface area contributed by atoms with E-state index in [-0.39, 0.29) is 11.9 Å². The number of amides is 1. The third-order valence-electron chi connectivity index (χ3n) is 5.49. The fourth-order valence-corrected chi connectivity index (χ4v) is 4.32. The second-order valence-corrected chi connectivity index (χ2v) is 7.64. The van der Waals surface area contributed by atoms with E-state index in [2.05, 4.69) is 47.8 Å². The number of halogens is 1. The van der Waals surface area contributed by atoms with Crippen molar-refractivity contribution in [3.63, 3.8) is 0 Å². The van der Waals surface area contributed by atoms with Crippen molar-refractivity contribution >= 4 is 28.3 Å². The van der Waals surface area contributed by atoms with Crippen LogP contribution < -0.4 is 10.2 Å². The van der Waals surface area contributed by atoms with E-state index in [4.69, 9.17) is 11.6 Å². The molecule has 0 unspecified atom stereocenters. The predicted molar refractivity (Wildman–Crippen MR) is 110 cm³/mol. The molecular formula is C23H24ClN2O+. The van der Waals surface area contributed by atoms with Gasteiger partial charge in [0.1, 0.15) is 6.04 Å². The minimum absolute atomic E-state index is 0.0682. The number of nitrogens with one attached hydrogen (secondary N) is 2. The Labute approximate surface area is 164 Å². The standard InChI is InChI=1S/C23H23ClN2O/c24-19-10-5-9-18(15-19)23(27)25-16-22(26-13-3-4-14-26)21-12-6-8-17-7-1-2-11-20(17)21/h1-2,5-12,15,22H,3-4,13-14,16H2,(H,25,27)/p+1/t22-/m1/s1. The summed E-state index contributed by atoms with van der Waals surface area (Å²) in [6.07, 6.45) is 2.50. The molecule has 4 rings (SSSR count). The molecule has 4 heteroatoms. The molecule has 1 fully saturated rings. The van der Waals surface area contributed by atoms with Crippen molar-refractivity contribution in [3.8, 4) is 0 Å². The lowest BCUT2D eigenvalue weighted by molar-refractivity contribution is -0.918. The molecule has 0 saturated carbocycles. The van der Waals surface area contributed by atoms with E-state index in [0.717, 1.165) is 13.1 Å². The molecular weight excluding hydrogens is 356 g/mol. The molecule has 0 aliphatic carbocycles. The Morgan fingerprint density at radius 3 is 2.56 bits per heavy atom. The molecule has 138 valence electrons. The van der Waals surface area contributed by atoms with Crippen molar-refractivity contribution in [2.24, 2.45) is 0 Å². The van der Waals surface area contributed by atoms with Crippen molar-refractivity contribution in [2.75, 3.05) is 19.6 Å². The number of hydrogen-bond acceptors (Lipinski definition) is 1. The van der Waals surface area contributed by atoms with E-state index in [1.807, 2.05) is 6.07 Å². The molecule has 1 atom stereocenters. The molecule has 1 saturated heterocycles. The second-order valence-electron chi connectivity index (χ2n) is 7.21. The number of quaternary nitrogens is 1. The van der Waals surface area contributed by atoms with Gasteiger partial charge in [-0.25, -0.2) is 0 Å². The Morgan fingerprint density at radius 1 is 1.00 bits per heavy atom. The zero-order chi connectivity index (χ0) is 18.6. The van der Waals surface area contributed by atoms with Gasteiger partial charge in [0.2, 0.25) is 0 Å². The van der Waals surface area contributed by atoms with Crippen LogP contribution in [0.15, 0.2) is 66.7 Å². The van der Waals surface area contributed by atoms with Crippen LogP contribution in [-0.2, 0) is 0 Å². The summed E-state index contributed by atoms with van der Waals surface area (Å²) in [5.74, 6) is -0.0682. The largest absolute Gasteiger partial charge is 0.346 e. The Morgan fingerprint density at radius 2 is 1.74 bits per heavy atom. The minimum atomic E-state index is -0.0682. The van der Waals surface area contributed by atoms with Crippen LogP contribution in [0, 0.1) is 0 Å². The van der Waals surface area contributed by atoms with Gasteiger partial charge in [0.15, 0.2) is 0 Å². The first-order valence-electron chi connectivity index (χ1n) is 9.58. The number of fused-ring (bicyclic) bond motifs is 1. The maximum absolute atomic E-state index is 12.6. The van der Waals surface area contributed by atoms with E-state index >= 15 is 0 Å². The Kier molecular flexibility index (Phi) is 5.42. The highest BCUT2D eigenvalue weighted by Crippen LogP contribution is 2.23. The summed E-state index contributed by atoms with van der Waals surface area (Å²) in [5.41, 5.74) is 1.92. The normalized spacial score (nSPS) is 15.7. The lowest BCUT2D eigenvalue weighted by Gasteiger charge is -2.26. The quantitative estimate of drug-likeness (QED) is 0.697. The third kappa shape index (κ3) is 4.00. The molecule has 0 spiro atoms. The van der Waals surface area contributed by atoms with Crippen LogP contribution in [0.25, 0.3) is 10.8 Å². The second kappa shape index (κ2) is 8.12. The highest BCUT2D eigenvalue weighted by Gasteiger charge is 2.29. The molecule has 1 heterocycles. The van der Waals surface area contributed by atoms with Crippen LogP contribution >= 0.6 is 11.6 Å². The molecule has 1 aliphatic heterocycles. The molecule has 0 bridgehead atoms. The molecule has 0 aromatic heterocycles. The van der Waals surface area contributed by atoms with Gasteiger partial charge in [-0.3, -0.25) is 4.79 Å².